The number of hydrogen-bond donors (Lipinski definition) is 1. The standard InChI is InChI=1S/C22H36N2O2/c1-20(2,3)23-19(26)16-11-10-15-9-7-12-22(18(25)17(15)16)13-8-14-24(22)21(4,5)6/h7,12,15-17H,8-11,13-14H2,1-6H3,(H,23,26). The Kier molecular flexibility index (Phi) is 4.88. The number of carbonyl (C=O) groups is 2. The van der Waals surface area contributed by atoms with E-state index in [9.17, 15) is 9.59 Å². The minimum atomic E-state index is -0.512. The van der Waals surface area contributed by atoms with E-state index in [4.69, 9.17) is 0 Å². The molecule has 2 fully saturated rings. The molecule has 26 heavy (non-hydrogen) atoms. The summed E-state index contributed by atoms with van der Waals surface area (Å²) >= 11 is 0. The van der Waals surface area contributed by atoms with Crippen molar-refractivity contribution in [1.29, 1.82) is 0 Å². The number of carbonyl (C=O) groups excluding carboxylic acids is 2. The summed E-state index contributed by atoms with van der Waals surface area (Å²) in [4.78, 5) is 29.3. The molecule has 1 amide bonds. The normalized spacial score (nSPS) is 35.6. The van der Waals surface area contributed by atoms with Crippen LogP contribution in [0.15, 0.2) is 12.2 Å². The molecule has 4 unspecified atom stereocenters. The monoisotopic (exact) mass is 360 g/mol. The summed E-state index contributed by atoms with van der Waals surface area (Å²) in [5.41, 5.74) is -0.829. The van der Waals surface area contributed by atoms with Gasteiger partial charge in [-0.1, -0.05) is 12.2 Å². The summed E-state index contributed by atoms with van der Waals surface area (Å²) in [6.45, 7) is 13.6. The van der Waals surface area contributed by atoms with Gasteiger partial charge < -0.3 is 5.32 Å². The van der Waals surface area contributed by atoms with E-state index in [1.54, 1.807) is 0 Å². The third kappa shape index (κ3) is 3.37. The zero-order valence-electron chi connectivity index (χ0n) is 17.4. The van der Waals surface area contributed by atoms with E-state index >= 15 is 0 Å². The highest BCUT2D eigenvalue weighted by Gasteiger charge is 2.56. The van der Waals surface area contributed by atoms with Crippen LogP contribution in [0.5, 0.6) is 0 Å². The minimum Gasteiger partial charge on any atom is -0.351 e. The molecule has 0 aromatic rings. The Bertz CT molecular complexity index is 611. The smallest absolute Gasteiger partial charge is 0.224 e. The second-order valence-corrected chi connectivity index (χ2v) is 10.6. The van der Waals surface area contributed by atoms with Crippen LogP contribution in [0.4, 0.5) is 0 Å². The number of rotatable bonds is 1. The first kappa shape index (κ1) is 19.6. The van der Waals surface area contributed by atoms with E-state index in [-0.39, 0.29) is 28.8 Å². The Morgan fingerprint density at radius 1 is 1.19 bits per heavy atom. The van der Waals surface area contributed by atoms with Crippen LogP contribution >= 0.6 is 0 Å². The number of ketones is 1. The number of allylic oxidation sites excluding steroid dienone is 1. The van der Waals surface area contributed by atoms with Crippen LogP contribution in [0, 0.1) is 17.8 Å². The van der Waals surface area contributed by atoms with Crippen LogP contribution in [0.25, 0.3) is 0 Å². The number of nitrogens with zero attached hydrogens (tertiary/aromatic N) is 1. The van der Waals surface area contributed by atoms with Gasteiger partial charge in [-0.25, -0.2) is 0 Å². The fraction of sp³-hybridized carbons (Fsp3) is 0.818. The van der Waals surface area contributed by atoms with E-state index in [1.807, 2.05) is 20.8 Å². The van der Waals surface area contributed by atoms with Crippen LogP contribution in [-0.2, 0) is 9.59 Å². The number of fused-ring (bicyclic) bond motifs is 1. The molecule has 3 rings (SSSR count). The van der Waals surface area contributed by atoms with Gasteiger partial charge in [-0.3, -0.25) is 14.5 Å². The molecule has 1 saturated carbocycles. The maximum atomic E-state index is 13.9. The maximum Gasteiger partial charge on any atom is 0.224 e. The lowest BCUT2D eigenvalue weighted by Gasteiger charge is -2.45. The highest BCUT2D eigenvalue weighted by molar-refractivity contribution is 5.97. The second-order valence-electron chi connectivity index (χ2n) is 10.6. The number of likely N-dealkylation sites (tertiary alicyclic amines) is 1. The molecular weight excluding hydrogens is 324 g/mol. The third-order valence-corrected chi connectivity index (χ3v) is 6.42. The molecule has 146 valence electrons. The first-order valence-electron chi connectivity index (χ1n) is 10.3. The molecule has 4 heteroatoms. The van der Waals surface area contributed by atoms with Crippen molar-refractivity contribution < 1.29 is 9.59 Å². The summed E-state index contributed by atoms with van der Waals surface area (Å²) < 4.78 is 0. The average molecular weight is 361 g/mol. The van der Waals surface area contributed by atoms with Gasteiger partial charge in [-0.15, -0.1) is 0 Å². The van der Waals surface area contributed by atoms with Crippen molar-refractivity contribution in [2.45, 2.75) is 90.3 Å². The lowest BCUT2D eigenvalue weighted by atomic mass is 9.75. The van der Waals surface area contributed by atoms with Crippen molar-refractivity contribution in [3.05, 3.63) is 12.2 Å². The van der Waals surface area contributed by atoms with Crippen molar-refractivity contribution in [3.63, 3.8) is 0 Å². The molecular formula is C22H36N2O2. The van der Waals surface area contributed by atoms with Crippen LogP contribution in [0.1, 0.15) is 73.6 Å². The lowest BCUT2D eigenvalue weighted by Crippen LogP contribution is -2.59. The largest absolute Gasteiger partial charge is 0.351 e. The Morgan fingerprint density at radius 2 is 1.88 bits per heavy atom. The summed E-state index contributed by atoms with van der Waals surface area (Å²) in [6.07, 6.45) is 9.09. The van der Waals surface area contributed by atoms with Crippen molar-refractivity contribution in [2.24, 2.45) is 17.8 Å². The SMILES string of the molecule is CC(C)(C)NC(=O)C1CCC2CC=CC3(CCCN3C(C)(C)C)C(=O)C21. The van der Waals surface area contributed by atoms with Crippen molar-refractivity contribution in [3.8, 4) is 0 Å². The molecule has 1 N–H and O–H groups in total. The molecule has 1 aliphatic heterocycles. The van der Waals surface area contributed by atoms with Crippen LogP contribution in [0.3, 0.4) is 0 Å². The van der Waals surface area contributed by atoms with E-state index in [0.29, 0.717) is 11.7 Å². The first-order valence-corrected chi connectivity index (χ1v) is 10.3. The highest BCUT2D eigenvalue weighted by Crippen LogP contribution is 2.49. The molecule has 3 aliphatic rings. The van der Waals surface area contributed by atoms with Gasteiger partial charge in [0.2, 0.25) is 5.91 Å². The fourth-order valence-electron chi connectivity index (χ4n) is 5.51. The third-order valence-electron chi connectivity index (χ3n) is 6.42. The van der Waals surface area contributed by atoms with E-state index < -0.39 is 5.54 Å². The Labute approximate surface area is 158 Å². The van der Waals surface area contributed by atoms with Gasteiger partial charge in [0.1, 0.15) is 0 Å². The van der Waals surface area contributed by atoms with E-state index in [1.165, 1.54) is 0 Å². The number of amides is 1. The molecule has 1 saturated heterocycles. The van der Waals surface area contributed by atoms with Gasteiger partial charge in [-0.05, 0) is 79.6 Å². The topological polar surface area (TPSA) is 49.4 Å². The molecule has 0 radical (unpaired) electrons. The highest BCUT2D eigenvalue weighted by atomic mass is 16.2. The quantitative estimate of drug-likeness (QED) is 0.725. The number of hydrogen-bond acceptors (Lipinski definition) is 3. The van der Waals surface area contributed by atoms with Gasteiger partial charge in [0.25, 0.3) is 0 Å². The molecule has 0 aromatic carbocycles. The lowest BCUT2D eigenvalue weighted by molar-refractivity contribution is -0.140. The predicted octanol–water partition coefficient (Wildman–Crippen LogP) is 3.71. The van der Waals surface area contributed by atoms with Crippen molar-refractivity contribution >= 4 is 11.7 Å². The summed E-state index contributed by atoms with van der Waals surface area (Å²) in [5, 5.41) is 3.13. The van der Waals surface area contributed by atoms with Gasteiger partial charge >= 0.3 is 0 Å². The molecule has 4 atom stereocenters. The molecule has 2 aliphatic carbocycles. The molecule has 0 bridgehead atoms. The second kappa shape index (κ2) is 6.47. The number of nitrogens with one attached hydrogen (secondary N) is 1. The zero-order chi connectivity index (χ0) is 19.3. The molecule has 1 heterocycles. The molecule has 4 nitrogen and oxygen atoms in total. The summed E-state index contributed by atoms with van der Waals surface area (Å²) in [7, 11) is 0. The van der Waals surface area contributed by atoms with E-state index in [2.05, 4.69) is 43.1 Å². The van der Waals surface area contributed by atoms with Gasteiger partial charge in [0.15, 0.2) is 5.78 Å². The first-order chi connectivity index (χ1) is 12.0. The van der Waals surface area contributed by atoms with Gasteiger partial charge in [0.05, 0.1) is 5.54 Å². The Morgan fingerprint density at radius 3 is 2.50 bits per heavy atom. The zero-order valence-corrected chi connectivity index (χ0v) is 17.4. The Balaban J connectivity index is 1.93. The Hall–Kier alpha value is -1.16. The van der Waals surface area contributed by atoms with E-state index in [0.717, 1.165) is 38.6 Å². The fourth-order valence-corrected chi connectivity index (χ4v) is 5.51. The minimum absolute atomic E-state index is 0.0574. The predicted molar refractivity (Wildman–Crippen MR) is 105 cm³/mol. The van der Waals surface area contributed by atoms with Crippen LogP contribution in [-0.4, -0.2) is 39.8 Å². The average Bonchev–Trinajstić information content (AvgIpc) is 3.06. The van der Waals surface area contributed by atoms with Gasteiger partial charge in [-0.2, -0.15) is 0 Å². The van der Waals surface area contributed by atoms with Gasteiger partial charge in [0, 0.05) is 29.5 Å². The van der Waals surface area contributed by atoms with Crippen molar-refractivity contribution in [1.82, 2.24) is 10.2 Å². The number of Topliss-reactive ketones (excluding diaryl/α,β-unsaturated/α-hetero) is 1. The summed E-state index contributed by atoms with van der Waals surface area (Å²) in [5.74, 6) is 0.364. The maximum absolute atomic E-state index is 13.9. The van der Waals surface area contributed by atoms with Crippen LogP contribution < -0.4 is 5.32 Å². The summed E-state index contributed by atoms with van der Waals surface area (Å²) in [6, 6.07) is 0. The molecule has 0 aromatic heterocycles. The van der Waals surface area contributed by atoms with Crippen LogP contribution in [0.2, 0.25) is 0 Å². The van der Waals surface area contributed by atoms with Crippen molar-refractivity contribution in [2.75, 3.05) is 6.54 Å². The molecule has 1 spiro atoms.